The highest BCUT2D eigenvalue weighted by Crippen LogP contribution is 2.53. The van der Waals surface area contributed by atoms with Gasteiger partial charge >= 0.3 is 5.97 Å². The number of hydrogen-bond donors (Lipinski definition) is 2. The van der Waals surface area contributed by atoms with Gasteiger partial charge in [-0.1, -0.05) is 54.6 Å². The van der Waals surface area contributed by atoms with Crippen molar-refractivity contribution in [3.05, 3.63) is 60.2 Å². The Labute approximate surface area is 287 Å². The first-order chi connectivity index (χ1) is 23.9. The van der Waals surface area contributed by atoms with Gasteiger partial charge in [0.2, 0.25) is 17.7 Å². The van der Waals surface area contributed by atoms with E-state index in [4.69, 9.17) is 18.9 Å². The number of aliphatic hydroxyl groups is 1. The molecule has 0 radical (unpaired) electrons. The minimum atomic E-state index is -1.41. The number of carbonyl (C=O) groups excluding carboxylic acids is 4. The van der Waals surface area contributed by atoms with Crippen molar-refractivity contribution < 1.29 is 43.2 Å². The lowest BCUT2D eigenvalue weighted by atomic mass is 9.77. The molecule has 5 aliphatic rings. The van der Waals surface area contributed by atoms with Crippen LogP contribution in [0.25, 0.3) is 0 Å². The summed E-state index contributed by atoms with van der Waals surface area (Å²) < 4.78 is 24.1. The molecule has 1 aromatic carbocycles. The third-order valence-corrected chi connectivity index (χ3v) is 10.2. The standard InChI is InChI=1S/C36H48N4O9/c1-46-24-26-31(25-10-3-2-4-11-25)48-35(45)29-27(12-5-6-13-28(42)37-26)49-36-14-9-15-39(18-17-38-19-22-47-23-20-38)34(44)32(36)40(16-7-8-21-41)33(43)30(29)36/h2-5,9-12,14,26-27,29-32,41H,6-8,13,15-24H2,1H3,(H,37,42)/b12-5-/t26-,27-,29+,30+,31-,32-,36+/m0/s1. The van der Waals surface area contributed by atoms with Gasteiger partial charge < -0.3 is 39.2 Å². The number of amides is 3. The van der Waals surface area contributed by atoms with Crippen molar-refractivity contribution in [2.45, 2.75) is 55.6 Å². The van der Waals surface area contributed by atoms with Crippen LogP contribution < -0.4 is 5.32 Å². The highest BCUT2D eigenvalue weighted by Gasteiger charge is 2.71. The van der Waals surface area contributed by atoms with Crippen LogP contribution in [0, 0.1) is 11.8 Å². The van der Waals surface area contributed by atoms with E-state index in [2.05, 4.69) is 10.2 Å². The van der Waals surface area contributed by atoms with E-state index in [9.17, 15) is 24.3 Å². The zero-order valence-corrected chi connectivity index (χ0v) is 28.1. The minimum absolute atomic E-state index is 0.0425. The average Bonchev–Trinajstić information content (AvgIpc) is 3.49. The van der Waals surface area contributed by atoms with E-state index >= 15 is 0 Å². The second-order valence-electron chi connectivity index (χ2n) is 13.3. The molecule has 0 saturated carbocycles. The molecule has 7 atom stereocenters. The van der Waals surface area contributed by atoms with Crippen LogP contribution in [0.2, 0.25) is 0 Å². The molecule has 0 aromatic heterocycles. The molecule has 0 bridgehead atoms. The molecule has 13 nitrogen and oxygen atoms in total. The van der Waals surface area contributed by atoms with Gasteiger partial charge in [0, 0.05) is 59.4 Å². The number of cyclic esters (lactones) is 1. The van der Waals surface area contributed by atoms with E-state index in [-0.39, 0.29) is 43.9 Å². The number of methoxy groups -OCH3 is 1. The topological polar surface area (TPSA) is 147 Å². The summed E-state index contributed by atoms with van der Waals surface area (Å²) in [5, 5.41) is 12.5. The van der Waals surface area contributed by atoms with Gasteiger partial charge in [-0.25, -0.2) is 0 Å². The third-order valence-electron chi connectivity index (χ3n) is 10.2. The van der Waals surface area contributed by atoms with Crippen molar-refractivity contribution in [2.24, 2.45) is 11.8 Å². The summed E-state index contributed by atoms with van der Waals surface area (Å²) in [5.41, 5.74) is -0.750. The van der Waals surface area contributed by atoms with E-state index in [0.717, 1.165) is 13.1 Å². The van der Waals surface area contributed by atoms with Gasteiger partial charge in [-0.15, -0.1) is 0 Å². The molecule has 0 unspecified atom stereocenters. The predicted molar refractivity (Wildman–Crippen MR) is 177 cm³/mol. The highest BCUT2D eigenvalue weighted by molar-refractivity contribution is 5.99. The Kier molecular flexibility index (Phi) is 11.5. The maximum atomic E-state index is 14.6. The second-order valence-corrected chi connectivity index (χ2v) is 13.3. The lowest BCUT2D eigenvalue weighted by molar-refractivity contribution is -0.162. The van der Waals surface area contributed by atoms with Gasteiger partial charge in [-0.2, -0.15) is 0 Å². The molecule has 3 amide bonds. The van der Waals surface area contributed by atoms with Crippen LogP contribution in [0.3, 0.4) is 0 Å². The second kappa shape index (κ2) is 15.9. The molecule has 13 heteroatoms. The van der Waals surface area contributed by atoms with Crippen molar-refractivity contribution in [3.63, 3.8) is 0 Å². The number of nitrogens with zero attached hydrogens (tertiary/aromatic N) is 3. The maximum Gasteiger partial charge on any atom is 0.313 e. The van der Waals surface area contributed by atoms with Gasteiger partial charge in [0.25, 0.3) is 0 Å². The number of rotatable bonds is 10. The van der Waals surface area contributed by atoms with Crippen LogP contribution in [-0.4, -0.2) is 140 Å². The molecule has 5 aliphatic heterocycles. The molecule has 0 aliphatic carbocycles. The first kappa shape index (κ1) is 35.2. The summed E-state index contributed by atoms with van der Waals surface area (Å²) in [4.78, 5) is 62.2. The number of likely N-dealkylation sites (tertiary alicyclic amines) is 1. The number of esters is 1. The summed E-state index contributed by atoms with van der Waals surface area (Å²) >= 11 is 0. The molecule has 1 aromatic rings. The number of unbranched alkanes of at least 4 members (excludes halogenated alkanes) is 1. The first-order valence-electron chi connectivity index (χ1n) is 17.4. The Balaban J connectivity index is 1.36. The number of ether oxygens (including phenoxy) is 4. The van der Waals surface area contributed by atoms with Gasteiger partial charge in [-0.05, 0) is 24.8 Å². The van der Waals surface area contributed by atoms with Crippen molar-refractivity contribution in [1.29, 1.82) is 0 Å². The molecule has 49 heavy (non-hydrogen) atoms. The fraction of sp³-hybridized carbons (Fsp3) is 0.611. The summed E-state index contributed by atoms with van der Waals surface area (Å²) in [6, 6.07) is 7.46. The Morgan fingerprint density at radius 1 is 1.00 bits per heavy atom. The fourth-order valence-electron chi connectivity index (χ4n) is 7.86. The van der Waals surface area contributed by atoms with E-state index < -0.39 is 47.7 Å². The van der Waals surface area contributed by atoms with E-state index in [1.54, 1.807) is 22.0 Å². The van der Waals surface area contributed by atoms with Crippen LogP contribution >= 0.6 is 0 Å². The molecule has 3 fully saturated rings. The Morgan fingerprint density at radius 2 is 1.80 bits per heavy atom. The van der Waals surface area contributed by atoms with E-state index in [1.165, 1.54) is 7.11 Å². The number of aliphatic hydroxyl groups excluding tert-OH is 1. The van der Waals surface area contributed by atoms with Crippen molar-refractivity contribution in [2.75, 3.05) is 72.8 Å². The van der Waals surface area contributed by atoms with E-state index in [1.807, 2.05) is 42.5 Å². The smallest absolute Gasteiger partial charge is 0.313 e. The molecule has 5 heterocycles. The Morgan fingerprint density at radius 3 is 2.55 bits per heavy atom. The minimum Gasteiger partial charge on any atom is -0.455 e. The maximum absolute atomic E-state index is 14.6. The molecular formula is C36H48N4O9. The molecule has 1 spiro atoms. The lowest BCUT2D eigenvalue weighted by Crippen LogP contribution is -2.56. The zero-order chi connectivity index (χ0) is 34.4. The lowest BCUT2D eigenvalue weighted by Gasteiger charge is -2.36. The number of morpholine rings is 1. The number of nitrogens with one attached hydrogen (secondary N) is 1. The Hall–Kier alpha value is -3.62. The normalized spacial score (nSPS) is 33.1. The van der Waals surface area contributed by atoms with Gasteiger partial charge in [0.15, 0.2) is 0 Å². The van der Waals surface area contributed by atoms with Crippen LogP contribution in [0.1, 0.15) is 37.4 Å². The van der Waals surface area contributed by atoms with Crippen molar-refractivity contribution in [3.8, 4) is 0 Å². The fourth-order valence-corrected chi connectivity index (χ4v) is 7.86. The van der Waals surface area contributed by atoms with Crippen LogP contribution in [0.15, 0.2) is 54.6 Å². The SMILES string of the molecule is COC[C@@H]1NC(=O)CC/C=C\[C@@H]2O[C@@]34C=CCN(CCN5CCOCC5)C(=O)[C@@H]3N(CCCCO)C(=O)[C@H]4[C@@H]2C(=O)O[C@H]1c1ccccc1. The predicted octanol–water partition coefficient (Wildman–Crippen LogP) is 0.836. The van der Waals surface area contributed by atoms with Crippen molar-refractivity contribution in [1.82, 2.24) is 20.0 Å². The number of allylic oxidation sites excluding steroid dienone is 1. The van der Waals surface area contributed by atoms with Crippen molar-refractivity contribution >= 4 is 23.7 Å². The molecule has 2 N–H and O–H groups in total. The number of benzene rings is 1. The van der Waals surface area contributed by atoms with Crippen LogP contribution in [0.4, 0.5) is 0 Å². The number of carbonyl (C=O) groups is 4. The Bertz CT molecular complexity index is 1400. The zero-order valence-electron chi connectivity index (χ0n) is 28.1. The highest BCUT2D eigenvalue weighted by atomic mass is 16.6. The molecule has 3 saturated heterocycles. The monoisotopic (exact) mass is 680 g/mol. The molecule has 6 rings (SSSR count). The average molecular weight is 681 g/mol. The number of hydrogen-bond acceptors (Lipinski definition) is 10. The summed E-state index contributed by atoms with van der Waals surface area (Å²) in [7, 11) is 1.52. The van der Waals surface area contributed by atoms with Gasteiger partial charge in [-0.3, -0.25) is 24.1 Å². The largest absolute Gasteiger partial charge is 0.455 e. The quantitative estimate of drug-likeness (QED) is 0.207. The summed E-state index contributed by atoms with van der Waals surface area (Å²) in [6.45, 7) is 4.63. The number of fused-ring (bicyclic) bond motifs is 2. The summed E-state index contributed by atoms with van der Waals surface area (Å²) in [5.74, 6) is -3.53. The van der Waals surface area contributed by atoms with Crippen LogP contribution in [0.5, 0.6) is 0 Å². The first-order valence-corrected chi connectivity index (χ1v) is 17.4. The van der Waals surface area contributed by atoms with Crippen LogP contribution in [-0.2, 0) is 38.1 Å². The van der Waals surface area contributed by atoms with Gasteiger partial charge in [0.05, 0.1) is 37.9 Å². The molecule has 266 valence electrons. The molecular weight excluding hydrogens is 632 g/mol. The van der Waals surface area contributed by atoms with E-state index in [0.29, 0.717) is 57.7 Å². The summed E-state index contributed by atoms with van der Waals surface area (Å²) in [6.07, 6.45) is 6.96. The van der Waals surface area contributed by atoms with Gasteiger partial charge in [0.1, 0.15) is 23.7 Å². The third kappa shape index (κ3) is 7.32.